The SMILES string of the molecule is CCNC(=NCCCOC1CCOC1)NCCNc1nccc(C(F)(F)F)n1. The summed E-state index contributed by atoms with van der Waals surface area (Å²) in [5, 5.41) is 8.98. The molecule has 0 spiro atoms. The van der Waals surface area contributed by atoms with Gasteiger partial charge in [-0.25, -0.2) is 9.97 Å². The van der Waals surface area contributed by atoms with Crippen molar-refractivity contribution >= 4 is 11.9 Å². The van der Waals surface area contributed by atoms with E-state index in [0.717, 1.165) is 31.7 Å². The van der Waals surface area contributed by atoms with Crippen molar-refractivity contribution in [3.63, 3.8) is 0 Å². The van der Waals surface area contributed by atoms with E-state index in [1.54, 1.807) is 0 Å². The zero-order valence-corrected chi connectivity index (χ0v) is 15.9. The Balaban J connectivity index is 1.66. The number of hydrogen-bond donors (Lipinski definition) is 3. The first-order valence-electron chi connectivity index (χ1n) is 9.34. The Morgan fingerprint density at radius 2 is 2.21 bits per heavy atom. The van der Waals surface area contributed by atoms with Gasteiger partial charge in [-0.15, -0.1) is 0 Å². The van der Waals surface area contributed by atoms with Crippen molar-refractivity contribution in [3.05, 3.63) is 18.0 Å². The smallest absolute Gasteiger partial charge is 0.379 e. The van der Waals surface area contributed by atoms with Gasteiger partial charge in [0.25, 0.3) is 0 Å². The maximum Gasteiger partial charge on any atom is 0.433 e. The van der Waals surface area contributed by atoms with E-state index < -0.39 is 11.9 Å². The Kier molecular flexibility index (Phi) is 9.21. The Bertz CT molecular complexity index is 609. The van der Waals surface area contributed by atoms with Gasteiger partial charge in [0.2, 0.25) is 5.95 Å². The molecular weight excluding hydrogens is 377 g/mol. The van der Waals surface area contributed by atoms with Crippen molar-refractivity contribution in [1.82, 2.24) is 20.6 Å². The summed E-state index contributed by atoms with van der Waals surface area (Å²) in [6, 6.07) is 0.836. The van der Waals surface area contributed by atoms with Crippen molar-refractivity contribution in [2.75, 3.05) is 51.3 Å². The number of halogens is 3. The van der Waals surface area contributed by atoms with E-state index in [1.807, 2.05) is 6.92 Å². The number of nitrogens with zero attached hydrogens (tertiary/aromatic N) is 3. The summed E-state index contributed by atoms with van der Waals surface area (Å²) in [5.41, 5.74) is -0.973. The molecule has 1 aliphatic heterocycles. The molecule has 11 heteroatoms. The summed E-state index contributed by atoms with van der Waals surface area (Å²) in [5.74, 6) is 0.574. The van der Waals surface area contributed by atoms with Crippen LogP contribution >= 0.6 is 0 Å². The Morgan fingerprint density at radius 3 is 2.93 bits per heavy atom. The van der Waals surface area contributed by atoms with Crippen LogP contribution in [-0.2, 0) is 15.7 Å². The first-order valence-corrected chi connectivity index (χ1v) is 9.34. The topological polar surface area (TPSA) is 92.7 Å². The lowest BCUT2D eigenvalue weighted by molar-refractivity contribution is -0.141. The molecule has 2 heterocycles. The van der Waals surface area contributed by atoms with Gasteiger partial charge < -0.3 is 25.4 Å². The number of nitrogens with one attached hydrogen (secondary N) is 3. The minimum Gasteiger partial charge on any atom is -0.379 e. The molecule has 1 aromatic heterocycles. The van der Waals surface area contributed by atoms with Gasteiger partial charge in [0.1, 0.15) is 5.69 Å². The molecule has 0 aliphatic carbocycles. The van der Waals surface area contributed by atoms with Crippen LogP contribution in [0.15, 0.2) is 17.3 Å². The molecule has 1 aliphatic rings. The predicted octanol–water partition coefficient (Wildman–Crippen LogP) is 1.66. The van der Waals surface area contributed by atoms with E-state index >= 15 is 0 Å². The monoisotopic (exact) mass is 404 g/mol. The van der Waals surface area contributed by atoms with Crippen molar-refractivity contribution in [2.45, 2.75) is 32.0 Å². The fourth-order valence-electron chi connectivity index (χ4n) is 2.45. The van der Waals surface area contributed by atoms with Crippen LogP contribution in [0.3, 0.4) is 0 Å². The molecule has 1 unspecified atom stereocenters. The maximum atomic E-state index is 12.6. The van der Waals surface area contributed by atoms with Gasteiger partial charge in [0.15, 0.2) is 5.96 Å². The molecular formula is C17H27F3N6O2. The predicted molar refractivity (Wildman–Crippen MR) is 99.3 cm³/mol. The average molecular weight is 404 g/mol. The Hall–Kier alpha value is -2.14. The van der Waals surface area contributed by atoms with E-state index in [4.69, 9.17) is 9.47 Å². The van der Waals surface area contributed by atoms with Crippen molar-refractivity contribution in [3.8, 4) is 0 Å². The lowest BCUT2D eigenvalue weighted by atomic mass is 10.3. The minimum absolute atomic E-state index is 0.0633. The highest BCUT2D eigenvalue weighted by Crippen LogP contribution is 2.27. The van der Waals surface area contributed by atoms with E-state index in [-0.39, 0.29) is 12.1 Å². The minimum atomic E-state index is -4.49. The van der Waals surface area contributed by atoms with Gasteiger partial charge >= 0.3 is 6.18 Å². The molecule has 1 aromatic rings. The van der Waals surface area contributed by atoms with Crippen molar-refractivity contribution in [1.29, 1.82) is 0 Å². The lowest BCUT2D eigenvalue weighted by Gasteiger charge is -2.13. The summed E-state index contributed by atoms with van der Waals surface area (Å²) >= 11 is 0. The van der Waals surface area contributed by atoms with Gasteiger partial charge in [0.05, 0.1) is 12.7 Å². The van der Waals surface area contributed by atoms with Gasteiger partial charge in [0, 0.05) is 45.6 Å². The molecule has 1 saturated heterocycles. The average Bonchev–Trinajstić information content (AvgIpc) is 3.18. The zero-order chi connectivity index (χ0) is 20.2. The molecule has 0 amide bonds. The third-order valence-corrected chi connectivity index (χ3v) is 3.80. The zero-order valence-electron chi connectivity index (χ0n) is 15.9. The highest BCUT2D eigenvalue weighted by atomic mass is 19.4. The van der Waals surface area contributed by atoms with E-state index in [9.17, 15) is 13.2 Å². The van der Waals surface area contributed by atoms with Crippen LogP contribution in [0.5, 0.6) is 0 Å². The first kappa shape index (κ1) is 22.2. The summed E-state index contributed by atoms with van der Waals surface area (Å²) < 4.78 is 48.9. The summed E-state index contributed by atoms with van der Waals surface area (Å²) in [6.07, 6.45) is -1.48. The van der Waals surface area contributed by atoms with Crippen LogP contribution in [0, 0.1) is 0 Å². The van der Waals surface area contributed by atoms with Crippen molar-refractivity contribution in [2.24, 2.45) is 4.99 Å². The number of hydrogen-bond acceptors (Lipinski definition) is 6. The summed E-state index contributed by atoms with van der Waals surface area (Å²) in [4.78, 5) is 11.7. The molecule has 1 atom stereocenters. The van der Waals surface area contributed by atoms with Crippen LogP contribution in [0.1, 0.15) is 25.5 Å². The molecule has 2 rings (SSSR count). The molecule has 0 bridgehead atoms. The number of aliphatic imine (C=N–C) groups is 1. The summed E-state index contributed by atoms with van der Waals surface area (Å²) in [6.45, 7) is 6.10. The standard InChI is InChI=1S/C17H27F3N6O2/c1-2-21-15(22-6-3-10-28-13-5-11-27-12-13)24-8-9-25-16-23-7-4-14(26-16)17(18,19)20/h4,7,13H,2-3,5-6,8-12H2,1H3,(H2,21,22,24)(H,23,25,26). The van der Waals surface area contributed by atoms with Crippen LogP contribution in [-0.4, -0.2) is 68.0 Å². The number of rotatable bonds is 10. The van der Waals surface area contributed by atoms with E-state index in [2.05, 4.69) is 30.9 Å². The molecule has 28 heavy (non-hydrogen) atoms. The lowest BCUT2D eigenvalue weighted by Crippen LogP contribution is -2.39. The van der Waals surface area contributed by atoms with Gasteiger partial charge in [-0.2, -0.15) is 13.2 Å². The number of ether oxygens (including phenoxy) is 2. The largest absolute Gasteiger partial charge is 0.433 e. The Labute approximate surface area is 162 Å². The Morgan fingerprint density at radius 1 is 1.36 bits per heavy atom. The third-order valence-electron chi connectivity index (χ3n) is 3.80. The quantitative estimate of drug-likeness (QED) is 0.310. The van der Waals surface area contributed by atoms with Gasteiger partial charge in [-0.1, -0.05) is 0 Å². The highest BCUT2D eigenvalue weighted by molar-refractivity contribution is 5.79. The normalized spacial score (nSPS) is 17.6. The molecule has 0 aromatic carbocycles. The molecule has 0 saturated carbocycles. The van der Waals surface area contributed by atoms with Gasteiger partial charge in [-0.3, -0.25) is 4.99 Å². The van der Waals surface area contributed by atoms with Crippen LogP contribution in [0.2, 0.25) is 0 Å². The second-order valence-corrected chi connectivity index (χ2v) is 6.09. The highest BCUT2D eigenvalue weighted by Gasteiger charge is 2.32. The number of aromatic nitrogens is 2. The van der Waals surface area contributed by atoms with Crippen LogP contribution in [0.4, 0.5) is 19.1 Å². The molecule has 1 fully saturated rings. The van der Waals surface area contributed by atoms with E-state index in [0.29, 0.717) is 45.4 Å². The van der Waals surface area contributed by atoms with Gasteiger partial charge in [-0.05, 0) is 25.8 Å². The first-order chi connectivity index (χ1) is 13.5. The molecule has 0 radical (unpaired) electrons. The number of alkyl halides is 3. The van der Waals surface area contributed by atoms with Crippen LogP contribution in [0.25, 0.3) is 0 Å². The van der Waals surface area contributed by atoms with Crippen LogP contribution < -0.4 is 16.0 Å². The summed E-state index contributed by atoms with van der Waals surface area (Å²) in [7, 11) is 0. The maximum absolute atomic E-state index is 12.6. The molecule has 8 nitrogen and oxygen atoms in total. The van der Waals surface area contributed by atoms with E-state index in [1.165, 1.54) is 0 Å². The number of anilines is 1. The molecule has 3 N–H and O–H groups in total. The number of guanidine groups is 1. The second kappa shape index (κ2) is 11.6. The molecule has 158 valence electrons. The second-order valence-electron chi connectivity index (χ2n) is 6.09. The van der Waals surface area contributed by atoms with Crippen molar-refractivity contribution < 1.29 is 22.6 Å². The fourth-order valence-corrected chi connectivity index (χ4v) is 2.45. The fraction of sp³-hybridized carbons (Fsp3) is 0.706. The third kappa shape index (κ3) is 8.26.